The maximum atomic E-state index is 13.2. The third kappa shape index (κ3) is 4.08. The minimum atomic E-state index is -0.245. The zero-order valence-corrected chi connectivity index (χ0v) is 18.9. The number of hydrogen-bond donors (Lipinski definition) is 1. The predicted molar refractivity (Wildman–Crippen MR) is 128 cm³/mol. The fourth-order valence-electron chi connectivity index (χ4n) is 3.65. The van der Waals surface area contributed by atoms with Crippen molar-refractivity contribution in [2.24, 2.45) is 0 Å². The zero-order valence-electron chi connectivity index (χ0n) is 17.4. The molecule has 5 aromatic rings. The van der Waals surface area contributed by atoms with E-state index in [1.165, 1.54) is 0 Å². The largest absolute Gasteiger partial charge is 0.339 e. The van der Waals surface area contributed by atoms with Gasteiger partial charge in [-0.1, -0.05) is 58.7 Å². The van der Waals surface area contributed by atoms with Gasteiger partial charge in [0.25, 0.3) is 0 Å². The molecular weight excluding hydrogens is 461 g/mol. The average Bonchev–Trinajstić information content (AvgIpc) is 3.40. The summed E-state index contributed by atoms with van der Waals surface area (Å²) in [5.41, 5.74) is 3.45. The van der Waals surface area contributed by atoms with Crippen LogP contribution in [0.15, 0.2) is 71.3 Å². The van der Waals surface area contributed by atoms with E-state index >= 15 is 0 Å². The maximum Gasteiger partial charge on any atom is 0.244 e. The minimum Gasteiger partial charge on any atom is -0.339 e. The molecule has 0 radical (unpaired) electrons. The molecule has 33 heavy (non-hydrogen) atoms. The van der Waals surface area contributed by atoms with Gasteiger partial charge in [0, 0.05) is 18.1 Å². The van der Waals surface area contributed by atoms with Gasteiger partial charge in [-0.05, 0) is 36.4 Å². The van der Waals surface area contributed by atoms with Crippen LogP contribution in [0.4, 0.5) is 5.69 Å². The third-order valence-corrected chi connectivity index (χ3v) is 5.94. The molecule has 3 aromatic carbocycles. The second-order valence-electron chi connectivity index (χ2n) is 7.34. The molecule has 2 heterocycles. The summed E-state index contributed by atoms with van der Waals surface area (Å²) in [5, 5.41) is 7.72. The number of rotatable bonds is 5. The van der Waals surface area contributed by atoms with Crippen LogP contribution in [0.25, 0.3) is 33.8 Å². The number of halogens is 2. The van der Waals surface area contributed by atoms with Crippen LogP contribution >= 0.6 is 23.2 Å². The number of hydrogen-bond acceptors (Lipinski definition) is 5. The van der Waals surface area contributed by atoms with Crippen molar-refractivity contribution in [3.8, 4) is 22.8 Å². The molecule has 0 aliphatic heterocycles. The van der Waals surface area contributed by atoms with Crippen LogP contribution < -0.4 is 5.32 Å². The van der Waals surface area contributed by atoms with E-state index in [1.807, 2.05) is 53.1 Å². The summed E-state index contributed by atoms with van der Waals surface area (Å²) in [6.45, 7) is 1.72. The summed E-state index contributed by atoms with van der Waals surface area (Å²) < 4.78 is 6.91. The van der Waals surface area contributed by atoms with Crippen molar-refractivity contribution in [2.75, 3.05) is 5.32 Å². The summed E-state index contributed by atoms with van der Waals surface area (Å²) in [6.07, 6.45) is 0. The van der Waals surface area contributed by atoms with Crippen LogP contribution in [0.5, 0.6) is 0 Å². The molecule has 7 nitrogen and oxygen atoms in total. The van der Waals surface area contributed by atoms with Gasteiger partial charge >= 0.3 is 0 Å². The maximum absolute atomic E-state index is 13.2. The quantitative estimate of drug-likeness (QED) is 0.335. The molecule has 0 aliphatic carbocycles. The Kier molecular flexibility index (Phi) is 5.58. The lowest BCUT2D eigenvalue weighted by Crippen LogP contribution is -2.20. The van der Waals surface area contributed by atoms with Gasteiger partial charge in [0.15, 0.2) is 0 Å². The number of carbonyl (C=O) groups is 1. The molecule has 0 aliphatic rings. The monoisotopic (exact) mass is 477 g/mol. The molecule has 1 amide bonds. The standard InChI is InChI=1S/C24H17Cl2N5O2/c1-14-27-23(30-33-14)15-7-2-3-10-18(15)28-21(32)13-31-20-12-5-4-11-19(20)29-24(31)16-8-6-9-17(25)22(16)26/h2-12H,13H2,1H3,(H,28,32). The number of nitrogens with zero attached hydrogens (tertiary/aromatic N) is 4. The Bertz CT molecular complexity index is 1490. The van der Waals surface area contributed by atoms with E-state index in [4.69, 9.17) is 32.7 Å². The van der Waals surface area contributed by atoms with E-state index in [2.05, 4.69) is 15.5 Å². The Labute approximate surface area is 199 Å². The van der Waals surface area contributed by atoms with Crippen LogP contribution in [0.1, 0.15) is 5.89 Å². The van der Waals surface area contributed by atoms with Gasteiger partial charge in [-0.15, -0.1) is 0 Å². The lowest BCUT2D eigenvalue weighted by atomic mass is 10.1. The number of imidazole rings is 1. The second kappa shape index (κ2) is 8.69. The summed E-state index contributed by atoms with van der Waals surface area (Å²) in [5.74, 6) is 1.16. The molecule has 164 valence electrons. The molecule has 1 N–H and O–H groups in total. The van der Waals surface area contributed by atoms with Gasteiger partial charge in [0.05, 0.1) is 26.8 Å². The number of amides is 1. The first-order valence-electron chi connectivity index (χ1n) is 10.1. The molecule has 0 unspecified atom stereocenters. The van der Waals surface area contributed by atoms with Crippen LogP contribution in [0, 0.1) is 6.92 Å². The highest BCUT2D eigenvalue weighted by atomic mass is 35.5. The first kappa shape index (κ1) is 21.2. The number of anilines is 1. The molecule has 0 fully saturated rings. The highest BCUT2D eigenvalue weighted by Crippen LogP contribution is 2.35. The Hall–Kier alpha value is -3.68. The van der Waals surface area contributed by atoms with E-state index in [0.29, 0.717) is 44.4 Å². The SMILES string of the molecule is Cc1nc(-c2ccccc2NC(=O)Cn2c(-c3cccc(Cl)c3Cl)nc3ccccc32)no1. The van der Waals surface area contributed by atoms with Crippen molar-refractivity contribution < 1.29 is 9.32 Å². The van der Waals surface area contributed by atoms with Gasteiger partial charge in [-0.25, -0.2) is 4.98 Å². The molecule has 2 aromatic heterocycles. The summed E-state index contributed by atoms with van der Waals surface area (Å²) in [4.78, 5) is 22.2. The van der Waals surface area contributed by atoms with E-state index in [-0.39, 0.29) is 12.5 Å². The van der Waals surface area contributed by atoms with Crippen LogP contribution in [-0.4, -0.2) is 25.6 Å². The molecule has 0 spiro atoms. The van der Waals surface area contributed by atoms with Crippen LogP contribution in [0.3, 0.4) is 0 Å². The number of benzene rings is 3. The molecule has 9 heteroatoms. The smallest absolute Gasteiger partial charge is 0.244 e. The van der Waals surface area contributed by atoms with Gasteiger partial charge in [-0.2, -0.15) is 4.98 Å². The first-order valence-corrected chi connectivity index (χ1v) is 10.9. The van der Waals surface area contributed by atoms with Crippen molar-refractivity contribution >= 4 is 45.8 Å². The Morgan fingerprint density at radius 3 is 2.55 bits per heavy atom. The number of aryl methyl sites for hydroxylation is 1. The molecular formula is C24H17Cl2N5O2. The van der Waals surface area contributed by atoms with Gasteiger partial charge in [0.1, 0.15) is 12.4 Å². The number of aromatic nitrogens is 4. The Morgan fingerprint density at radius 1 is 0.970 bits per heavy atom. The normalized spacial score (nSPS) is 11.1. The minimum absolute atomic E-state index is 0.0122. The van der Waals surface area contributed by atoms with E-state index in [0.717, 1.165) is 11.0 Å². The molecule has 0 atom stereocenters. The zero-order chi connectivity index (χ0) is 22.9. The first-order chi connectivity index (χ1) is 16.0. The fraction of sp³-hybridized carbons (Fsp3) is 0.0833. The van der Waals surface area contributed by atoms with Crippen molar-refractivity contribution in [3.05, 3.63) is 82.7 Å². The van der Waals surface area contributed by atoms with Crippen LogP contribution in [-0.2, 0) is 11.3 Å². The van der Waals surface area contributed by atoms with E-state index < -0.39 is 0 Å². The van der Waals surface area contributed by atoms with E-state index in [1.54, 1.807) is 25.1 Å². The lowest BCUT2D eigenvalue weighted by molar-refractivity contribution is -0.116. The number of fused-ring (bicyclic) bond motifs is 1. The lowest BCUT2D eigenvalue weighted by Gasteiger charge is -2.13. The Morgan fingerprint density at radius 2 is 1.73 bits per heavy atom. The van der Waals surface area contributed by atoms with Crippen molar-refractivity contribution in [1.82, 2.24) is 19.7 Å². The highest BCUT2D eigenvalue weighted by molar-refractivity contribution is 6.43. The second-order valence-corrected chi connectivity index (χ2v) is 8.13. The Balaban J connectivity index is 1.52. The van der Waals surface area contributed by atoms with Gasteiger partial charge in [-0.3, -0.25) is 4.79 Å². The van der Waals surface area contributed by atoms with E-state index in [9.17, 15) is 4.79 Å². The number of carbonyl (C=O) groups excluding carboxylic acids is 1. The number of nitrogens with one attached hydrogen (secondary N) is 1. The van der Waals surface area contributed by atoms with Crippen molar-refractivity contribution in [1.29, 1.82) is 0 Å². The van der Waals surface area contributed by atoms with Crippen LogP contribution in [0.2, 0.25) is 10.0 Å². The summed E-state index contributed by atoms with van der Waals surface area (Å²) in [6, 6.07) is 20.2. The molecule has 5 rings (SSSR count). The average molecular weight is 478 g/mol. The molecule has 0 bridgehead atoms. The van der Waals surface area contributed by atoms with Gasteiger partial charge in [0.2, 0.25) is 17.6 Å². The predicted octanol–water partition coefficient (Wildman–Crippen LogP) is 6.01. The molecule has 0 saturated carbocycles. The topological polar surface area (TPSA) is 85.8 Å². The fourth-order valence-corrected chi connectivity index (χ4v) is 4.03. The third-order valence-electron chi connectivity index (χ3n) is 5.12. The highest BCUT2D eigenvalue weighted by Gasteiger charge is 2.19. The number of para-hydroxylation sites is 3. The summed E-state index contributed by atoms with van der Waals surface area (Å²) >= 11 is 12.7. The van der Waals surface area contributed by atoms with Gasteiger partial charge < -0.3 is 14.4 Å². The molecule has 0 saturated heterocycles. The van der Waals surface area contributed by atoms with Crippen molar-refractivity contribution in [3.63, 3.8) is 0 Å². The van der Waals surface area contributed by atoms with Crippen molar-refractivity contribution in [2.45, 2.75) is 13.5 Å². The summed E-state index contributed by atoms with van der Waals surface area (Å²) in [7, 11) is 0.